The highest BCUT2D eigenvalue weighted by atomic mass is 31.1. The van der Waals surface area contributed by atoms with Crippen LogP contribution in [0.25, 0.3) is 0 Å². The summed E-state index contributed by atoms with van der Waals surface area (Å²) < 4.78 is 4.85. The van der Waals surface area contributed by atoms with Crippen molar-refractivity contribution in [1.82, 2.24) is 9.34 Å². The highest BCUT2D eigenvalue weighted by Crippen LogP contribution is 2.42. The summed E-state index contributed by atoms with van der Waals surface area (Å²) in [5.74, 6) is 0. The van der Waals surface area contributed by atoms with E-state index in [9.17, 15) is 0 Å². The second kappa shape index (κ2) is 6.90. The summed E-state index contributed by atoms with van der Waals surface area (Å²) in [6.45, 7) is 17.8. The molecular weight excluding hydrogens is 217 g/mol. The molecule has 16 heavy (non-hydrogen) atoms. The third-order valence-corrected chi connectivity index (χ3v) is 5.38. The zero-order chi connectivity index (χ0) is 13.0. The Hall–Kier alpha value is 0.310. The van der Waals surface area contributed by atoms with Gasteiger partial charge in [0.15, 0.2) is 0 Å². The van der Waals surface area contributed by atoms with E-state index >= 15 is 0 Å². The third-order valence-electron chi connectivity index (χ3n) is 2.59. The average Bonchev–Trinajstić information content (AvgIpc) is 1.99. The van der Waals surface area contributed by atoms with Crippen LogP contribution in [-0.2, 0) is 0 Å². The molecule has 0 spiro atoms. The van der Waals surface area contributed by atoms with Crippen molar-refractivity contribution < 1.29 is 0 Å². The van der Waals surface area contributed by atoms with Gasteiger partial charge in [0.1, 0.15) is 8.37 Å². The van der Waals surface area contributed by atoms with Crippen LogP contribution in [0, 0.1) is 0 Å². The van der Waals surface area contributed by atoms with Crippen LogP contribution in [-0.4, -0.2) is 33.5 Å². The molecule has 0 radical (unpaired) electrons. The topological polar surface area (TPSA) is 32.5 Å². The lowest BCUT2D eigenvalue weighted by Gasteiger charge is -2.44. The Morgan fingerprint density at radius 3 is 0.938 bits per heavy atom. The molecule has 0 aliphatic heterocycles. The van der Waals surface area contributed by atoms with Crippen molar-refractivity contribution in [1.29, 1.82) is 0 Å². The first-order valence-electron chi connectivity index (χ1n) is 6.31. The normalized spacial score (nSPS) is 13.5. The molecule has 0 rings (SSSR count). The number of hydrogen-bond donors (Lipinski definition) is 1. The number of nitrogens with two attached hydrogens (primary N) is 1. The molecule has 0 aliphatic rings. The van der Waals surface area contributed by atoms with Gasteiger partial charge in [-0.15, -0.1) is 0 Å². The Labute approximate surface area is 103 Å². The van der Waals surface area contributed by atoms with Gasteiger partial charge in [0.25, 0.3) is 0 Å². The summed E-state index contributed by atoms with van der Waals surface area (Å²) in [7, 11) is -0.699. The molecule has 3 nitrogen and oxygen atoms in total. The van der Waals surface area contributed by atoms with E-state index < -0.39 is 8.37 Å². The van der Waals surface area contributed by atoms with E-state index in [1.165, 1.54) is 0 Å². The maximum Gasteiger partial charge on any atom is 0.115 e. The van der Waals surface area contributed by atoms with Crippen molar-refractivity contribution in [3.05, 3.63) is 0 Å². The zero-order valence-corrected chi connectivity index (χ0v) is 13.1. The Kier molecular flexibility index (Phi) is 7.04. The molecule has 2 N–H and O–H groups in total. The molecule has 0 amide bonds. The summed E-state index contributed by atoms with van der Waals surface area (Å²) in [6, 6.07) is 1.99. The molecule has 0 saturated heterocycles. The Balaban J connectivity index is 4.88. The minimum absolute atomic E-state index is 0.496. The summed E-state index contributed by atoms with van der Waals surface area (Å²) in [5.41, 5.74) is 6.48. The molecule has 0 heterocycles. The molecule has 0 aromatic heterocycles. The van der Waals surface area contributed by atoms with Gasteiger partial charge >= 0.3 is 0 Å². The fourth-order valence-electron chi connectivity index (χ4n) is 2.26. The predicted molar refractivity (Wildman–Crippen MR) is 75.3 cm³/mol. The third kappa shape index (κ3) is 4.29. The number of nitrogens with zero attached hydrogens (tertiary/aromatic N) is 2. The van der Waals surface area contributed by atoms with Crippen molar-refractivity contribution in [3.8, 4) is 0 Å². The monoisotopic (exact) mass is 247 g/mol. The van der Waals surface area contributed by atoms with Gasteiger partial charge in [-0.2, -0.15) is 0 Å². The number of rotatable bonds is 6. The second-order valence-electron chi connectivity index (χ2n) is 5.46. The van der Waals surface area contributed by atoms with Gasteiger partial charge in [-0.05, 0) is 55.4 Å². The van der Waals surface area contributed by atoms with Crippen LogP contribution in [0.3, 0.4) is 0 Å². The molecule has 0 bridgehead atoms. The maximum absolute atomic E-state index is 6.48. The SMILES string of the molecule is CC(C)N(C(C)C)P(N)N(C(C)C)C(C)C. The van der Waals surface area contributed by atoms with Gasteiger partial charge < -0.3 is 0 Å². The first-order valence-corrected chi connectivity index (χ1v) is 7.63. The van der Waals surface area contributed by atoms with Crippen molar-refractivity contribution in [2.75, 3.05) is 0 Å². The first-order chi connectivity index (χ1) is 7.20. The second-order valence-corrected chi connectivity index (χ2v) is 7.02. The summed E-state index contributed by atoms with van der Waals surface area (Å²) in [5, 5.41) is 0. The zero-order valence-electron chi connectivity index (χ0n) is 12.2. The fourth-order valence-corrected chi connectivity index (χ4v) is 4.39. The Bertz CT molecular complexity index is 157. The first kappa shape index (κ1) is 16.3. The van der Waals surface area contributed by atoms with Gasteiger partial charge in [-0.1, -0.05) is 0 Å². The summed E-state index contributed by atoms with van der Waals surface area (Å²) in [6.07, 6.45) is 0. The molecule has 98 valence electrons. The van der Waals surface area contributed by atoms with E-state index in [4.69, 9.17) is 5.50 Å². The van der Waals surface area contributed by atoms with E-state index in [0.717, 1.165) is 0 Å². The van der Waals surface area contributed by atoms with Crippen LogP contribution in [0.15, 0.2) is 0 Å². The fraction of sp³-hybridized carbons (Fsp3) is 1.00. The molecule has 0 aromatic rings. The maximum atomic E-state index is 6.48. The van der Waals surface area contributed by atoms with Gasteiger partial charge in [-0.3, -0.25) is 14.8 Å². The molecule has 0 fully saturated rings. The van der Waals surface area contributed by atoms with E-state index in [-0.39, 0.29) is 0 Å². The number of hydrogen-bond acceptors (Lipinski definition) is 3. The lowest BCUT2D eigenvalue weighted by atomic mass is 10.3. The molecule has 4 heteroatoms. The highest BCUT2D eigenvalue weighted by molar-refractivity contribution is 7.50. The average molecular weight is 247 g/mol. The van der Waals surface area contributed by atoms with Crippen molar-refractivity contribution in [2.45, 2.75) is 79.6 Å². The smallest absolute Gasteiger partial charge is 0.115 e. The minimum atomic E-state index is -0.699. The van der Waals surface area contributed by atoms with E-state index in [2.05, 4.69) is 64.7 Å². The minimum Gasteiger partial charge on any atom is -0.285 e. The molecule has 0 aromatic carbocycles. The molecular formula is C12H30N3P. The van der Waals surface area contributed by atoms with Crippen LogP contribution >= 0.6 is 8.37 Å². The lowest BCUT2D eigenvalue weighted by molar-refractivity contribution is 0.256. The van der Waals surface area contributed by atoms with Gasteiger partial charge in [-0.25, -0.2) is 0 Å². The molecule has 0 atom stereocenters. The van der Waals surface area contributed by atoms with Gasteiger partial charge in [0.05, 0.1) is 0 Å². The van der Waals surface area contributed by atoms with Gasteiger partial charge in [0, 0.05) is 24.2 Å². The summed E-state index contributed by atoms with van der Waals surface area (Å²) in [4.78, 5) is 0. The van der Waals surface area contributed by atoms with Crippen molar-refractivity contribution >= 4 is 8.37 Å². The largest absolute Gasteiger partial charge is 0.285 e. The standard InChI is InChI=1S/C12H30N3P/c1-9(2)14(10(3)4)16(13)15(11(5)6)12(7)8/h9-12H,13H2,1-8H3. The lowest BCUT2D eigenvalue weighted by Crippen LogP contribution is -2.45. The van der Waals surface area contributed by atoms with Crippen LogP contribution in [0.5, 0.6) is 0 Å². The van der Waals surface area contributed by atoms with Crippen LogP contribution in [0.1, 0.15) is 55.4 Å². The van der Waals surface area contributed by atoms with Crippen LogP contribution < -0.4 is 5.50 Å². The van der Waals surface area contributed by atoms with Crippen LogP contribution in [0.4, 0.5) is 0 Å². The molecule has 0 saturated carbocycles. The van der Waals surface area contributed by atoms with E-state index in [1.807, 2.05) is 0 Å². The highest BCUT2D eigenvalue weighted by Gasteiger charge is 2.29. The van der Waals surface area contributed by atoms with E-state index in [0.29, 0.717) is 24.2 Å². The van der Waals surface area contributed by atoms with Crippen molar-refractivity contribution in [3.63, 3.8) is 0 Å². The van der Waals surface area contributed by atoms with Gasteiger partial charge in [0.2, 0.25) is 0 Å². The summed E-state index contributed by atoms with van der Waals surface area (Å²) >= 11 is 0. The predicted octanol–water partition coefficient (Wildman–Crippen LogP) is 3.41. The molecule has 0 unspecified atom stereocenters. The van der Waals surface area contributed by atoms with Crippen LogP contribution in [0.2, 0.25) is 0 Å². The van der Waals surface area contributed by atoms with Crippen molar-refractivity contribution in [2.24, 2.45) is 5.50 Å². The molecule has 0 aliphatic carbocycles. The Morgan fingerprint density at radius 2 is 0.812 bits per heavy atom. The van der Waals surface area contributed by atoms with E-state index in [1.54, 1.807) is 0 Å². The quantitative estimate of drug-likeness (QED) is 0.730. The Morgan fingerprint density at radius 1 is 0.625 bits per heavy atom.